The Labute approximate surface area is 123 Å². The predicted molar refractivity (Wildman–Crippen MR) is 82.4 cm³/mol. The van der Waals surface area contributed by atoms with Crippen LogP contribution in [0.2, 0.25) is 5.02 Å². The van der Waals surface area contributed by atoms with E-state index in [0.29, 0.717) is 16.3 Å². The third-order valence-corrected chi connectivity index (χ3v) is 3.01. The maximum Gasteiger partial charge on any atom is 0.200 e. The van der Waals surface area contributed by atoms with Crippen molar-refractivity contribution in [2.45, 2.75) is 6.92 Å². The zero-order chi connectivity index (χ0) is 14.4. The third kappa shape index (κ3) is 3.72. The minimum atomic E-state index is -0.0946. The average molecular weight is 287 g/mol. The molecule has 0 aromatic heterocycles. The highest BCUT2D eigenvalue weighted by Crippen LogP contribution is 2.20. The summed E-state index contributed by atoms with van der Waals surface area (Å²) in [5.74, 6) is 0.601. The van der Waals surface area contributed by atoms with Crippen LogP contribution >= 0.6 is 11.6 Å². The fourth-order valence-electron chi connectivity index (χ4n) is 1.82. The van der Waals surface area contributed by atoms with Crippen LogP contribution in [0.4, 0.5) is 0 Å². The number of carbonyl (C=O) groups excluding carboxylic acids is 1. The van der Waals surface area contributed by atoms with Crippen LogP contribution in [0.15, 0.2) is 54.6 Å². The van der Waals surface area contributed by atoms with Crippen molar-refractivity contribution in [3.63, 3.8) is 0 Å². The SMILES string of the molecule is CC=Cc1ccccc1OCC(=O)c1cccc(Cl)c1. The first kappa shape index (κ1) is 14.4. The van der Waals surface area contributed by atoms with Gasteiger partial charge in [-0.1, -0.05) is 54.1 Å². The Morgan fingerprint density at radius 2 is 2.00 bits per heavy atom. The molecule has 2 aromatic rings. The Bertz CT molecular complexity index is 632. The molecule has 0 aliphatic carbocycles. The van der Waals surface area contributed by atoms with Crippen LogP contribution in [0.25, 0.3) is 6.08 Å². The first-order valence-electron chi connectivity index (χ1n) is 6.34. The van der Waals surface area contributed by atoms with Crippen molar-refractivity contribution in [1.29, 1.82) is 0 Å². The van der Waals surface area contributed by atoms with E-state index in [1.807, 2.05) is 43.3 Å². The smallest absolute Gasteiger partial charge is 0.200 e. The van der Waals surface area contributed by atoms with Gasteiger partial charge in [-0.05, 0) is 25.1 Å². The van der Waals surface area contributed by atoms with E-state index in [9.17, 15) is 4.79 Å². The number of benzene rings is 2. The van der Waals surface area contributed by atoms with Crippen LogP contribution in [-0.2, 0) is 0 Å². The molecular formula is C17H15ClO2. The van der Waals surface area contributed by atoms with Crippen molar-refractivity contribution in [3.8, 4) is 5.75 Å². The Kier molecular flexibility index (Phi) is 4.97. The summed E-state index contributed by atoms with van der Waals surface area (Å²) in [5.41, 5.74) is 1.51. The highest BCUT2D eigenvalue weighted by atomic mass is 35.5. The molecule has 0 saturated carbocycles. The lowest BCUT2D eigenvalue weighted by molar-refractivity contribution is 0.0921. The summed E-state index contributed by atoms with van der Waals surface area (Å²) in [6.07, 6.45) is 3.88. The van der Waals surface area contributed by atoms with Gasteiger partial charge < -0.3 is 4.74 Å². The average Bonchev–Trinajstić information content (AvgIpc) is 2.46. The molecular weight excluding hydrogens is 272 g/mol. The number of ketones is 1. The molecule has 0 saturated heterocycles. The van der Waals surface area contributed by atoms with E-state index in [2.05, 4.69) is 0 Å². The van der Waals surface area contributed by atoms with Crippen molar-refractivity contribution in [1.82, 2.24) is 0 Å². The topological polar surface area (TPSA) is 26.3 Å². The Hall–Kier alpha value is -2.06. The van der Waals surface area contributed by atoms with Crippen molar-refractivity contribution >= 4 is 23.5 Å². The quantitative estimate of drug-likeness (QED) is 0.749. The first-order valence-corrected chi connectivity index (χ1v) is 6.72. The molecule has 0 radical (unpaired) electrons. The fraction of sp³-hybridized carbons (Fsp3) is 0.118. The molecule has 0 N–H and O–H groups in total. The van der Waals surface area contributed by atoms with E-state index in [-0.39, 0.29) is 12.4 Å². The number of allylic oxidation sites excluding steroid dienone is 1. The van der Waals surface area contributed by atoms with Gasteiger partial charge in [0.2, 0.25) is 0 Å². The number of Topliss-reactive ketones (excluding diaryl/α,β-unsaturated/α-hetero) is 1. The summed E-state index contributed by atoms with van der Waals surface area (Å²) in [4.78, 5) is 12.0. The lowest BCUT2D eigenvalue weighted by Gasteiger charge is -2.08. The number of rotatable bonds is 5. The summed E-state index contributed by atoms with van der Waals surface area (Å²) in [6, 6.07) is 14.5. The molecule has 0 amide bonds. The molecule has 0 aliphatic rings. The fourth-order valence-corrected chi connectivity index (χ4v) is 2.01. The Morgan fingerprint density at radius 3 is 2.75 bits per heavy atom. The van der Waals surface area contributed by atoms with Crippen LogP contribution in [0.1, 0.15) is 22.8 Å². The van der Waals surface area contributed by atoms with Gasteiger partial charge in [0.15, 0.2) is 12.4 Å². The third-order valence-electron chi connectivity index (χ3n) is 2.77. The molecule has 2 aromatic carbocycles. The first-order chi connectivity index (χ1) is 9.70. The summed E-state index contributed by atoms with van der Waals surface area (Å²) < 4.78 is 5.60. The number of carbonyl (C=O) groups is 1. The summed E-state index contributed by atoms with van der Waals surface area (Å²) in [6.45, 7) is 1.93. The minimum Gasteiger partial charge on any atom is -0.485 e. The minimum absolute atomic E-state index is 0.00505. The molecule has 0 unspecified atom stereocenters. The summed E-state index contributed by atoms with van der Waals surface area (Å²) in [5, 5.41) is 0.546. The molecule has 3 heteroatoms. The zero-order valence-corrected chi connectivity index (χ0v) is 11.9. The van der Waals surface area contributed by atoms with Crippen molar-refractivity contribution in [2.75, 3.05) is 6.61 Å². The van der Waals surface area contributed by atoms with E-state index < -0.39 is 0 Å². The zero-order valence-electron chi connectivity index (χ0n) is 11.2. The largest absolute Gasteiger partial charge is 0.485 e. The van der Waals surface area contributed by atoms with Gasteiger partial charge in [0.1, 0.15) is 5.75 Å². The van der Waals surface area contributed by atoms with E-state index in [4.69, 9.17) is 16.3 Å². The standard InChI is InChI=1S/C17H15ClO2/c1-2-6-13-7-3-4-10-17(13)20-12-16(19)14-8-5-9-15(18)11-14/h2-11H,12H2,1H3. The molecule has 2 rings (SSSR count). The molecule has 0 bridgehead atoms. The second kappa shape index (κ2) is 6.92. The molecule has 0 atom stereocenters. The van der Waals surface area contributed by atoms with Gasteiger partial charge in [-0.25, -0.2) is 0 Å². The number of halogens is 1. The number of para-hydroxylation sites is 1. The van der Waals surface area contributed by atoms with Crippen molar-refractivity contribution in [2.24, 2.45) is 0 Å². The maximum atomic E-state index is 12.0. The van der Waals surface area contributed by atoms with Crippen molar-refractivity contribution < 1.29 is 9.53 Å². The molecule has 102 valence electrons. The van der Waals surface area contributed by atoms with E-state index >= 15 is 0 Å². The monoisotopic (exact) mass is 286 g/mol. The normalized spacial score (nSPS) is 10.7. The molecule has 0 heterocycles. The molecule has 0 aliphatic heterocycles. The van der Waals surface area contributed by atoms with Gasteiger partial charge in [-0.2, -0.15) is 0 Å². The van der Waals surface area contributed by atoms with Crippen LogP contribution in [0, 0.1) is 0 Å². The highest BCUT2D eigenvalue weighted by molar-refractivity contribution is 6.31. The maximum absolute atomic E-state index is 12.0. The van der Waals surface area contributed by atoms with Gasteiger partial charge in [0.05, 0.1) is 0 Å². The number of hydrogen-bond donors (Lipinski definition) is 0. The highest BCUT2D eigenvalue weighted by Gasteiger charge is 2.08. The van der Waals surface area contributed by atoms with Gasteiger partial charge in [-0.15, -0.1) is 0 Å². The second-order valence-corrected chi connectivity index (χ2v) is 4.70. The molecule has 2 nitrogen and oxygen atoms in total. The van der Waals surface area contributed by atoms with Crippen LogP contribution in [-0.4, -0.2) is 12.4 Å². The number of ether oxygens (including phenoxy) is 1. The molecule has 0 spiro atoms. The van der Waals surface area contributed by atoms with E-state index in [0.717, 1.165) is 5.56 Å². The van der Waals surface area contributed by atoms with Gasteiger partial charge in [-0.3, -0.25) is 4.79 Å². The van der Waals surface area contributed by atoms with Crippen molar-refractivity contribution in [3.05, 3.63) is 70.8 Å². The van der Waals surface area contributed by atoms with E-state index in [1.54, 1.807) is 24.3 Å². The van der Waals surface area contributed by atoms with Gasteiger partial charge in [0.25, 0.3) is 0 Å². The van der Waals surface area contributed by atoms with Gasteiger partial charge in [0, 0.05) is 16.1 Å². The van der Waals surface area contributed by atoms with E-state index in [1.165, 1.54) is 0 Å². The molecule has 0 fully saturated rings. The lowest BCUT2D eigenvalue weighted by Crippen LogP contribution is -2.12. The Balaban J connectivity index is 2.07. The second-order valence-electron chi connectivity index (χ2n) is 4.26. The summed E-state index contributed by atoms with van der Waals surface area (Å²) >= 11 is 5.87. The van der Waals surface area contributed by atoms with Crippen LogP contribution in [0.3, 0.4) is 0 Å². The van der Waals surface area contributed by atoms with Gasteiger partial charge >= 0.3 is 0 Å². The Morgan fingerprint density at radius 1 is 1.20 bits per heavy atom. The lowest BCUT2D eigenvalue weighted by atomic mass is 10.1. The summed E-state index contributed by atoms with van der Waals surface area (Å²) in [7, 11) is 0. The predicted octanol–water partition coefficient (Wildman–Crippen LogP) is 4.63. The molecule has 20 heavy (non-hydrogen) atoms. The van der Waals surface area contributed by atoms with Crippen LogP contribution < -0.4 is 4.74 Å². The van der Waals surface area contributed by atoms with Crippen LogP contribution in [0.5, 0.6) is 5.75 Å². The number of hydrogen-bond acceptors (Lipinski definition) is 2.